The molecule has 0 radical (unpaired) electrons. The number of aromatic nitrogens is 1. The SMILES string of the molecule is COc1ccccc1C(=O)Nc1ccc(N2CCN(Cc3ccc(F)cc3)CC2)nc1. The Bertz CT molecular complexity index is 1020. The van der Waals surface area contributed by atoms with E-state index >= 15 is 0 Å². The fourth-order valence-electron chi connectivity index (χ4n) is 3.66. The van der Waals surface area contributed by atoms with Gasteiger partial charge in [0.25, 0.3) is 5.91 Å². The molecule has 1 saturated heterocycles. The van der Waals surface area contributed by atoms with E-state index in [0.29, 0.717) is 17.0 Å². The maximum atomic E-state index is 13.1. The molecule has 1 N–H and O–H groups in total. The summed E-state index contributed by atoms with van der Waals surface area (Å²) in [6.45, 7) is 4.36. The molecule has 2 aromatic carbocycles. The number of piperazine rings is 1. The molecule has 1 aliphatic heterocycles. The zero-order chi connectivity index (χ0) is 21.6. The van der Waals surface area contributed by atoms with E-state index in [1.54, 1.807) is 31.5 Å². The van der Waals surface area contributed by atoms with E-state index in [9.17, 15) is 9.18 Å². The van der Waals surface area contributed by atoms with Crippen LogP contribution in [-0.2, 0) is 6.54 Å². The predicted molar refractivity (Wildman–Crippen MR) is 119 cm³/mol. The van der Waals surface area contributed by atoms with Crippen molar-refractivity contribution in [1.82, 2.24) is 9.88 Å². The number of ether oxygens (including phenoxy) is 1. The number of nitrogens with one attached hydrogen (secondary N) is 1. The van der Waals surface area contributed by atoms with E-state index in [1.165, 1.54) is 12.1 Å². The first-order chi connectivity index (χ1) is 15.1. The number of carbonyl (C=O) groups excluding carboxylic acids is 1. The second-order valence-corrected chi connectivity index (χ2v) is 7.45. The monoisotopic (exact) mass is 420 g/mol. The molecule has 1 aromatic heterocycles. The number of nitrogens with zero attached hydrogens (tertiary/aromatic N) is 3. The quantitative estimate of drug-likeness (QED) is 0.657. The van der Waals surface area contributed by atoms with Gasteiger partial charge in [-0.1, -0.05) is 24.3 Å². The van der Waals surface area contributed by atoms with Gasteiger partial charge in [-0.15, -0.1) is 0 Å². The van der Waals surface area contributed by atoms with E-state index in [4.69, 9.17) is 4.74 Å². The van der Waals surface area contributed by atoms with Gasteiger partial charge in [-0.25, -0.2) is 9.37 Å². The topological polar surface area (TPSA) is 57.7 Å². The molecule has 0 saturated carbocycles. The summed E-state index contributed by atoms with van der Waals surface area (Å²) in [5, 5.41) is 2.87. The smallest absolute Gasteiger partial charge is 0.259 e. The average Bonchev–Trinajstić information content (AvgIpc) is 2.81. The van der Waals surface area contributed by atoms with E-state index in [2.05, 4.69) is 20.1 Å². The van der Waals surface area contributed by atoms with Gasteiger partial charge < -0.3 is 15.0 Å². The summed E-state index contributed by atoms with van der Waals surface area (Å²) < 4.78 is 18.3. The number of halogens is 1. The van der Waals surface area contributed by atoms with E-state index in [1.807, 2.05) is 30.3 Å². The van der Waals surface area contributed by atoms with Gasteiger partial charge in [0.05, 0.1) is 24.6 Å². The lowest BCUT2D eigenvalue weighted by Crippen LogP contribution is -2.46. The average molecular weight is 420 g/mol. The van der Waals surface area contributed by atoms with Crippen molar-refractivity contribution in [1.29, 1.82) is 0 Å². The standard InChI is InChI=1S/C24H25FN4O2/c1-31-22-5-3-2-4-21(22)24(30)27-20-10-11-23(26-16-20)29-14-12-28(13-15-29)17-18-6-8-19(25)9-7-18/h2-11,16H,12-15,17H2,1H3,(H,27,30). The lowest BCUT2D eigenvalue weighted by Gasteiger charge is -2.35. The molecule has 0 aliphatic carbocycles. The summed E-state index contributed by atoms with van der Waals surface area (Å²) in [5.41, 5.74) is 2.23. The van der Waals surface area contributed by atoms with E-state index in [0.717, 1.165) is 44.1 Å². The van der Waals surface area contributed by atoms with E-state index in [-0.39, 0.29) is 11.7 Å². The van der Waals surface area contributed by atoms with Crippen molar-refractivity contribution in [2.24, 2.45) is 0 Å². The van der Waals surface area contributed by atoms with Gasteiger partial charge in [-0.3, -0.25) is 9.69 Å². The highest BCUT2D eigenvalue weighted by atomic mass is 19.1. The molecular formula is C24H25FN4O2. The Morgan fingerprint density at radius 2 is 1.77 bits per heavy atom. The molecular weight excluding hydrogens is 395 g/mol. The van der Waals surface area contributed by atoms with Crippen LogP contribution in [0, 0.1) is 5.82 Å². The molecule has 31 heavy (non-hydrogen) atoms. The van der Waals surface area contributed by atoms with Gasteiger partial charge in [0.1, 0.15) is 17.4 Å². The summed E-state index contributed by atoms with van der Waals surface area (Å²) in [5.74, 6) is 0.975. The van der Waals surface area contributed by atoms with Gasteiger partial charge in [-0.05, 0) is 42.0 Å². The van der Waals surface area contributed by atoms with Crippen molar-refractivity contribution >= 4 is 17.4 Å². The molecule has 0 bridgehead atoms. The van der Waals surface area contributed by atoms with Crippen LogP contribution in [-0.4, -0.2) is 49.1 Å². The summed E-state index contributed by atoms with van der Waals surface area (Å²) in [6.07, 6.45) is 1.67. The summed E-state index contributed by atoms with van der Waals surface area (Å²) in [6, 6.07) is 17.6. The van der Waals surface area contributed by atoms with Crippen molar-refractivity contribution in [3.8, 4) is 5.75 Å². The fraction of sp³-hybridized carbons (Fsp3) is 0.250. The molecule has 0 spiro atoms. The minimum atomic E-state index is -0.235. The first kappa shape index (κ1) is 20.8. The molecule has 3 aromatic rings. The summed E-state index contributed by atoms with van der Waals surface area (Å²) in [4.78, 5) is 21.6. The minimum absolute atomic E-state index is 0.206. The minimum Gasteiger partial charge on any atom is -0.496 e. The van der Waals surface area contributed by atoms with Crippen LogP contribution in [0.1, 0.15) is 15.9 Å². The van der Waals surface area contributed by atoms with Gasteiger partial charge in [0.15, 0.2) is 0 Å². The van der Waals surface area contributed by atoms with Gasteiger partial charge in [0, 0.05) is 32.7 Å². The molecule has 2 heterocycles. The van der Waals surface area contributed by atoms with Crippen LogP contribution in [0.25, 0.3) is 0 Å². The van der Waals surface area contributed by atoms with Crippen LogP contribution in [0.4, 0.5) is 15.9 Å². The molecule has 160 valence electrons. The number of para-hydroxylation sites is 1. The number of amides is 1. The van der Waals surface area contributed by atoms with Crippen LogP contribution >= 0.6 is 0 Å². The Kier molecular flexibility index (Phi) is 6.43. The molecule has 6 nitrogen and oxygen atoms in total. The lowest BCUT2D eigenvalue weighted by molar-refractivity contribution is 0.102. The first-order valence-electron chi connectivity index (χ1n) is 10.2. The third kappa shape index (κ3) is 5.19. The number of rotatable bonds is 6. The van der Waals surface area contributed by atoms with Crippen molar-refractivity contribution < 1.29 is 13.9 Å². The van der Waals surface area contributed by atoms with Gasteiger partial charge >= 0.3 is 0 Å². The van der Waals surface area contributed by atoms with Crippen molar-refractivity contribution in [2.75, 3.05) is 43.5 Å². The normalized spacial score (nSPS) is 14.3. The number of anilines is 2. The molecule has 1 amide bonds. The zero-order valence-electron chi connectivity index (χ0n) is 17.4. The van der Waals surface area contributed by atoms with Crippen LogP contribution in [0.3, 0.4) is 0 Å². The van der Waals surface area contributed by atoms with Gasteiger partial charge in [0.2, 0.25) is 0 Å². The molecule has 0 atom stereocenters. The number of carbonyl (C=O) groups is 1. The second-order valence-electron chi connectivity index (χ2n) is 7.45. The second kappa shape index (κ2) is 9.57. The predicted octanol–water partition coefficient (Wildman–Crippen LogP) is 3.80. The molecule has 7 heteroatoms. The van der Waals surface area contributed by atoms with Crippen molar-refractivity contribution in [3.05, 3.63) is 83.8 Å². The Labute approximate surface area is 181 Å². The fourth-order valence-corrected chi connectivity index (χ4v) is 3.66. The Balaban J connectivity index is 1.31. The van der Waals surface area contributed by atoms with E-state index < -0.39 is 0 Å². The Hall–Kier alpha value is -3.45. The highest BCUT2D eigenvalue weighted by Gasteiger charge is 2.18. The zero-order valence-corrected chi connectivity index (χ0v) is 17.4. The van der Waals surface area contributed by atoms with Crippen LogP contribution < -0.4 is 15.0 Å². The third-order valence-corrected chi connectivity index (χ3v) is 5.37. The third-order valence-electron chi connectivity index (χ3n) is 5.37. The molecule has 1 fully saturated rings. The van der Waals surface area contributed by atoms with Crippen molar-refractivity contribution in [3.63, 3.8) is 0 Å². The maximum Gasteiger partial charge on any atom is 0.259 e. The summed E-state index contributed by atoms with van der Waals surface area (Å²) in [7, 11) is 1.54. The van der Waals surface area contributed by atoms with Gasteiger partial charge in [-0.2, -0.15) is 0 Å². The van der Waals surface area contributed by atoms with Crippen LogP contribution in [0.2, 0.25) is 0 Å². The van der Waals surface area contributed by atoms with Crippen LogP contribution in [0.5, 0.6) is 5.75 Å². The number of benzene rings is 2. The number of hydrogen-bond donors (Lipinski definition) is 1. The molecule has 1 aliphatic rings. The summed E-state index contributed by atoms with van der Waals surface area (Å²) >= 11 is 0. The highest BCUT2D eigenvalue weighted by molar-refractivity contribution is 6.06. The maximum absolute atomic E-state index is 13.1. The largest absolute Gasteiger partial charge is 0.496 e. The van der Waals surface area contributed by atoms with Crippen LogP contribution in [0.15, 0.2) is 66.9 Å². The number of hydrogen-bond acceptors (Lipinski definition) is 5. The Morgan fingerprint density at radius 1 is 1.03 bits per heavy atom. The number of pyridine rings is 1. The molecule has 4 rings (SSSR count). The first-order valence-corrected chi connectivity index (χ1v) is 10.2. The Morgan fingerprint density at radius 3 is 2.45 bits per heavy atom. The van der Waals surface area contributed by atoms with Crippen molar-refractivity contribution in [2.45, 2.75) is 6.54 Å². The molecule has 0 unspecified atom stereocenters. The number of methoxy groups -OCH3 is 1. The lowest BCUT2D eigenvalue weighted by atomic mass is 10.2. The highest BCUT2D eigenvalue weighted by Crippen LogP contribution is 2.21.